The van der Waals surface area contributed by atoms with Crippen molar-refractivity contribution in [3.63, 3.8) is 0 Å². The number of rotatable bonds is 5. The van der Waals surface area contributed by atoms with Gasteiger partial charge in [0.15, 0.2) is 0 Å². The van der Waals surface area contributed by atoms with Crippen molar-refractivity contribution in [3.05, 3.63) is 34.6 Å². The highest BCUT2D eigenvalue weighted by Crippen LogP contribution is 2.15. The van der Waals surface area contributed by atoms with Crippen LogP contribution in [0.25, 0.3) is 0 Å². The Labute approximate surface area is 109 Å². The van der Waals surface area contributed by atoms with Gasteiger partial charge in [-0.25, -0.2) is 4.39 Å². The van der Waals surface area contributed by atoms with E-state index in [4.69, 9.17) is 16.7 Å². The minimum Gasteiger partial charge on any atom is -0.481 e. The van der Waals surface area contributed by atoms with E-state index < -0.39 is 17.7 Å². The molecule has 1 aromatic rings. The second kappa shape index (κ2) is 6.35. The maximum atomic E-state index is 13.4. The molecule has 1 rings (SSSR count). The second-order valence-electron chi connectivity index (χ2n) is 3.93. The topological polar surface area (TPSA) is 66.4 Å². The lowest BCUT2D eigenvalue weighted by Crippen LogP contribution is -2.33. The van der Waals surface area contributed by atoms with Gasteiger partial charge in [-0.05, 0) is 31.5 Å². The zero-order valence-corrected chi connectivity index (χ0v) is 10.5. The van der Waals surface area contributed by atoms with Gasteiger partial charge in [0.25, 0.3) is 5.91 Å². The first kappa shape index (κ1) is 14.4. The summed E-state index contributed by atoms with van der Waals surface area (Å²) in [5, 5.41) is 11.3. The first-order chi connectivity index (χ1) is 8.40. The number of amides is 1. The highest BCUT2D eigenvalue weighted by molar-refractivity contribution is 6.31. The molecular weight excluding hydrogens is 261 g/mol. The average molecular weight is 274 g/mol. The van der Waals surface area contributed by atoms with E-state index in [-0.39, 0.29) is 29.5 Å². The molecule has 0 fully saturated rings. The Morgan fingerprint density at radius 1 is 1.50 bits per heavy atom. The molecule has 4 nitrogen and oxygen atoms in total. The standard InChI is InChI=1S/C12H13ClFNO3/c1-7(2-5-11(16)17)15-12(18)9-6-8(13)3-4-10(9)14/h3-4,6-7H,2,5H2,1H3,(H,15,18)(H,16,17). The van der Waals surface area contributed by atoms with E-state index in [1.807, 2.05) is 0 Å². The van der Waals surface area contributed by atoms with Crippen LogP contribution < -0.4 is 5.32 Å². The van der Waals surface area contributed by atoms with Crippen molar-refractivity contribution in [1.82, 2.24) is 5.32 Å². The van der Waals surface area contributed by atoms with Gasteiger partial charge in [-0.2, -0.15) is 0 Å². The summed E-state index contributed by atoms with van der Waals surface area (Å²) in [6, 6.07) is 3.34. The zero-order chi connectivity index (χ0) is 13.7. The van der Waals surface area contributed by atoms with Gasteiger partial charge in [0, 0.05) is 17.5 Å². The molecule has 1 unspecified atom stereocenters. The third-order valence-electron chi connectivity index (χ3n) is 2.34. The predicted molar refractivity (Wildman–Crippen MR) is 65.2 cm³/mol. The molecular formula is C12H13ClFNO3. The largest absolute Gasteiger partial charge is 0.481 e. The molecule has 0 spiro atoms. The highest BCUT2D eigenvalue weighted by atomic mass is 35.5. The van der Waals surface area contributed by atoms with Crippen molar-refractivity contribution in [1.29, 1.82) is 0 Å². The van der Waals surface area contributed by atoms with E-state index in [0.29, 0.717) is 0 Å². The van der Waals surface area contributed by atoms with Crippen molar-refractivity contribution < 1.29 is 19.1 Å². The Morgan fingerprint density at radius 2 is 2.17 bits per heavy atom. The Morgan fingerprint density at radius 3 is 2.78 bits per heavy atom. The number of hydrogen-bond acceptors (Lipinski definition) is 2. The molecule has 1 atom stereocenters. The number of carboxylic acids is 1. The fraction of sp³-hybridized carbons (Fsp3) is 0.333. The maximum absolute atomic E-state index is 13.4. The fourth-order valence-electron chi connectivity index (χ4n) is 1.39. The van der Waals surface area contributed by atoms with E-state index in [0.717, 1.165) is 6.07 Å². The summed E-state index contributed by atoms with van der Waals surface area (Å²) in [5.74, 6) is -2.21. The quantitative estimate of drug-likeness (QED) is 0.866. The van der Waals surface area contributed by atoms with Crippen molar-refractivity contribution in [2.24, 2.45) is 0 Å². The van der Waals surface area contributed by atoms with Crippen LogP contribution in [0.5, 0.6) is 0 Å². The van der Waals surface area contributed by atoms with Crippen LogP contribution in [0.4, 0.5) is 4.39 Å². The third-order valence-corrected chi connectivity index (χ3v) is 2.58. The first-order valence-corrected chi connectivity index (χ1v) is 5.75. The highest BCUT2D eigenvalue weighted by Gasteiger charge is 2.15. The van der Waals surface area contributed by atoms with Crippen LogP contribution in [0.2, 0.25) is 5.02 Å². The molecule has 98 valence electrons. The Kier molecular flexibility index (Phi) is 5.09. The SMILES string of the molecule is CC(CCC(=O)O)NC(=O)c1cc(Cl)ccc1F. The van der Waals surface area contributed by atoms with Gasteiger partial charge in [-0.15, -0.1) is 0 Å². The summed E-state index contributed by atoms with van der Waals surface area (Å²) in [4.78, 5) is 22.1. The molecule has 0 saturated heterocycles. The van der Waals surface area contributed by atoms with Crippen molar-refractivity contribution in [2.75, 3.05) is 0 Å². The molecule has 0 aromatic heterocycles. The molecule has 0 aliphatic rings. The van der Waals surface area contributed by atoms with Crippen molar-refractivity contribution in [3.8, 4) is 0 Å². The van der Waals surface area contributed by atoms with Crippen LogP contribution in [0.1, 0.15) is 30.1 Å². The van der Waals surface area contributed by atoms with E-state index >= 15 is 0 Å². The lowest BCUT2D eigenvalue weighted by molar-refractivity contribution is -0.137. The van der Waals surface area contributed by atoms with Crippen LogP contribution in [0, 0.1) is 5.82 Å². The number of halogens is 2. The number of carbonyl (C=O) groups excluding carboxylic acids is 1. The monoisotopic (exact) mass is 273 g/mol. The summed E-state index contributed by atoms with van der Waals surface area (Å²) in [6.45, 7) is 1.66. The summed E-state index contributed by atoms with van der Waals surface area (Å²) in [7, 11) is 0. The summed E-state index contributed by atoms with van der Waals surface area (Å²) < 4.78 is 13.4. The summed E-state index contributed by atoms with van der Waals surface area (Å²) >= 11 is 5.68. The van der Waals surface area contributed by atoms with Crippen LogP contribution >= 0.6 is 11.6 Å². The molecule has 18 heavy (non-hydrogen) atoms. The van der Waals surface area contributed by atoms with E-state index in [9.17, 15) is 14.0 Å². The van der Waals surface area contributed by atoms with E-state index in [2.05, 4.69) is 5.32 Å². The molecule has 2 N–H and O–H groups in total. The molecule has 1 aromatic carbocycles. The number of aliphatic carboxylic acids is 1. The zero-order valence-electron chi connectivity index (χ0n) is 9.74. The lowest BCUT2D eigenvalue weighted by atomic mass is 10.1. The Hall–Kier alpha value is -1.62. The number of nitrogens with one attached hydrogen (secondary N) is 1. The Bertz CT molecular complexity index is 465. The third kappa shape index (κ3) is 4.33. The van der Waals surface area contributed by atoms with Gasteiger partial charge < -0.3 is 10.4 Å². The van der Waals surface area contributed by atoms with Crippen molar-refractivity contribution in [2.45, 2.75) is 25.8 Å². The number of benzene rings is 1. The maximum Gasteiger partial charge on any atom is 0.303 e. The van der Waals surface area contributed by atoms with Crippen LogP contribution in [0.15, 0.2) is 18.2 Å². The van der Waals surface area contributed by atoms with E-state index in [1.165, 1.54) is 12.1 Å². The van der Waals surface area contributed by atoms with Gasteiger partial charge in [0.1, 0.15) is 5.82 Å². The van der Waals surface area contributed by atoms with Gasteiger partial charge in [0.05, 0.1) is 5.56 Å². The summed E-state index contributed by atoms with van der Waals surface area (Å²) in [5.41, 5.74) is -0.148. The molecule has 6 heteroatoms. The lowest BCUT2D eigenvalue weighted by Gasteiger charge is -2.13. The molecule has 0 aliphatic heterocycles. The molecule has 0 heterocycles. The van der Waals surface area contributed by atoms with Crippen LogP contribution in [-0.2, 0) is 4.79 Å². The first-order valence-electron chi connectivity index (χ1n) is 5.38. The van der Waals surface area contributed by atoms with E-state index in [1.54, 1.807) is 6.92 Å². The minimum absolute atomic E-state index is 0.0561. The van der Waals surface area contributed by atoms with Crippen molar-refractivity contribution >= 4 is 23.5 Å². The predicted octanol–water partition coefficient (Wildman–Crippen LogP) is 2.46. The molecule has 0 bridgehead atoms. The number of carboxylic acid groups (broad SMARTS) is 1. The van der Waals surface area contributed by atoms with Crippen LogP contribution in [-0.4, -0.2) is 23.0 Å². The van der Waals surface area contributed by atoms with Gasteiger partial charge in [-0.3, -0.25) is 9.59 Å². The minimum atomic E-state index is -0.940. The molecule has 1 amide bonds. The molecule has 0 saturated carbocycles. The smallest absolute Gasteiger partial charge is 0.303 e. The molecule has 0 radical (unpaired) electrons. The van der Waals surface area contributed by atoms with Gasteiger partial charge in [0.2, 0.25) is 0 Å². The van der Waals surface area contributed by atoms with Gasteiger partial charge >= 0.3 is 5.97 Å². The fourth-order valence-corrected chi connectivity index (χ4v) is 1.56. The molecule has 0 aliphatic carbocycles. The second-order valence-corrected chi connectivity index (χ2v) is 4.37. The Balaban J connectivity index is 2.64. The number of hydrogen-bond donors (Lipinski definition) is 2. The summed E-state index contributed by atoms with van der Waals surface area (Å²) in [6.07, 6.45) is 0.225. The average Bonchev–Trinajstić information content (AvgIpc) is 2.29. The van der Waals surface area contributed by atoms with Gasteiger partial charge in [-0.1, -0.05) is 11.6 Å². The van der Waals surface area contributed by atoms with Crippen LogP contribution in [0.3, 0.4) is 0 Å². The normalized spacial score (nSPS) is 11.9. The number of carbonyl (C=O) groups is 2.